The van der Waals surface area contributed by atoms with Gasteiger partial charge in [-0.25, -0.2) is 9.97 Å². The standard InChI is InChI=1S/C9H9N3.C7H5BrO2/c1-10-8-5-4-7-3-2-6-11-9(7)12-8;8-6-2-1-5(4-9)3-7(6)10/h2-6H,1H3,(H,10,11,12);1-4,10H. The normalized spacial score (nSPS) is 9.73. The second kappa shape index (κ2) is 7.51. The molecule has 3 aromatic rings. The topological polar surface area (TPSA) is 75.1 Å². The van der Waals surface area contributed by atoms with E-state index in [1.54, 1.807) is 18.3 Å². The van der Waals surface area contributed by atoms with Gasteiger partial charge in [0.1, 0.15) is 17.9 Å². The Labute approximate surface area is 136 Å². The Bertz CT molecular complexity index is 793. The number of anilines is 1. The largest absolute Gasteiger partial charge is 0.507 e. The lowest BCUT2D eigenvalue weighted by molar-refractivity contribution is 0.112. The van der Waals surface area contributed by atoms with Crippen LogP contribution in [0.2, 0.25) is 0 Å². The van der Waals surface area contributed by atoms with E-state index in [0.717, 1.165) is 16.9 Å². The Hall–Kier alpha value is -2.47. The predicted octanol–water partition coefficient (Wildman–Crippen LogP) is 3.64. The van der Waals surface area contributed by atoms with Crippen LogP contribution in [0.5, 0.6) is 5.75 Å². The third-order valence-electron chi connectivity index (χ3n) is 2.83. The van der Waals surface area contributed by atoms with Crippen molar-refractivity contribution in [2.75, 3.05) is 12.4 Å². The quantitative estimate of drug-likeness (QED) is 0.683. The molecule has 0 bridgehead atoms. The number of carbonyl (C=O) groups excluding carboxylic acids is 1. The molecule has 6 heteroatoms. The molecule has 22 heavy (non-hydrogen) atoms. The lowest BCUT2D eigenvalue weighted by Crippen LogP contribution is -1.92. The number of nitrogens with one attached hydrogen (secondary N) is 1. The van der Waals surface area contributed by atoms with Crippen LogP contribution in [0.15, 0.2) is 53.1 Å². The summed E-state index contributed by atoms with van der Waals surface area (Å²) in [5.74, 6) is 0.936. The third-order valence-corrected chi connectivity index (χ3v) is 3.50. The maximum Gasteiger partial charge on any atom is 0.161 e. The lowest BCUT2D eigenvalue weighted by atomic mass is 10.2. The number of aldehydes is 1. The van der Waals surface area contributed by atoms with Crippen molar-refractivity contribution in [2.24, 2.45) is 0 Å². The van der Waals surface area contributed by atoms with E-state index in [-0.39, 0.29) is 5.75 Å². The van der Waals surface area contributed by atoms with E-state index in [0.29, 0.717) is 16.3 Å². The van der Waals surface area contributed by atoms with Gasteiger partial charge >= 0.3 is 0 Å². The van der Waals surface area contributed by atoms with Gasteiger partial charge in [-0.05, 0) is 52.3 Å². The van der Waals surface area contributed by atoms with Gasteiger partial charge in [0.2, 0.25) is 0 Å². The number of aromatic hydroxyl groups is 1. The summed E-state index contributed by atoms with van der Waals surface area (Å²) < 4.78 is 0.595. The summed E-state index contributed by atoms with van der Waals surface area (Å²) in [6.07, 6.45) is 2.43. The van der Waals surface area contributed by atoms with E-state index in [1.165, 1.54) is 6.07 Å². The van der Waals surface area contributed by atoms with Crippen LogP contribution >= 0.6 is 15.9 Å². The van der Waals surface area contributed by atoms with Gasteiger partial charge in [0.25, 0.3) is 0 Å². The molecule has 112 valence electrons. The average Bonchev–Trinajstić information content (AvgIpc) is 2.57. The van der Waals surface area contributed by atoms with E-state index >= 15 is 0 Å². The van der Waals surface area contributed by atoms with Crippen LogP contribution in [-0.2, 0) is 0 Å². The molecule has 3 rings (SSSR count). The number of halogens is 1. The van der Waals surface area contributed by atoms with Crippen molar-refractivity contribution in [3.63, 3.8) is 0 Å². The fourth-order valence-corrected chi connectivity index (χ4v) is 1.94. The number of nitrogens with zero attached hydrogens (tertiary/aromatic N) is 2. The number of aromatic nitrogens is 2. The lowest BCUT2D eigenvalue weighted by Gasteiger charge is -1.99. The van der Waals surface area contributed by atoms with Crippen molar-refractivity contribution >= 4 is 39.1 Å². The molecule has 5 nitrogen and oxygen atoms in total. The van der Waals surface area contributed by atoms with Gasteiger partial charge in [0.05, 0.1) is 4.47 Å². The molecule has 0 radical (unpaired) electrons. The molecule has 1 aromatic carbocycles. The number of fused-ring (bicyclic) bond motifs is 1. The first-order chi connectivity index (χ1) is 10.6. The first-order valence-electron chi connectivity index (χ1n) is 6.47. The van der Waals surface area contributed by atoms with Crippen LogP contribution in [0.4, 0.5) is 5.82 Å². The highest BCUT2D eigenvalue weighted by Crippen LogP contribution is 2.23. The number of pyridine rings is 2. The van der Waals surface area contributed by atoms with E-state index < -0.39 is 0 Å². The smallest absolute Gasteiger partial charge is 0.161 e. The number of benzene rings is 1. The SMILES string of the molecule is CNc1ccc2cccnc2n1.O=Cc1ccc(Br)c(O)c1. The Morgan fingerprint density at radius 1 is 1.23 bits per heavy atom. The second-order valence-electron chi connectivity index (χ2n) is 4.33. The number of phenolic OH excluding ortho intramolecular Hbond substituents is 1. The molecule has 2 aromatic heterocycles. The average molecular weight is 360 g/mol. The van der Waals surface area contributed by atoms with Gasteiger partial charge in [0.15, 0.2) is 5.65 Å². The molecule has 0 saturated carbocycles. The van der Waals surface area contributed by atoms with E-state index in [1.807, 2.05) is 31.3 Å². The van der Waals surface area contributed by atoms with Crippen LogP contribution in [-0.4, -0.2) is 28.4 Å². The highest BCUT2D eigenvalue weighted by atomic mass is 79.9. The molecule has 0 unspecified atom stereocenters. The number of rotatable bonds is 2. The van der Waals surface area contributed by atoms with E-state index in [2.05, 4.69) is 31.2 Å². The Balaban J connectivity index is 0.000000164. The molecule has 0 fully saturated rings. The molecule has 0 spiro atoms. The van der Waals surface area contributed by atoms with Crippen molar-refractivity contribution in [1.29, 1.82) is 0 Å². The fraction of sp³-hybridized carbons (Fsp3) is 0.0625. The van der Waals surface area contributed by atoms with Crippen LogP contribution in [0, 0.1) is 0 Å². The van der Waals surface area contributed by atoms with Crippen molar-refractivity contribution in [3.05, 3.63) is 58.7 Å². The molecule has 0 atom stereocenters. The number of hydrogen-bond donors (Lipinski definition) is 2. The van der Waals surface area contributed by atoms with Gasteiger partial charge in [-0.15, -0.1) is 0 Å². The monoisotopic (exact) mass is 359 g/mol. The third kappa shape index (κ3) is 4.02. The minimum Gasteiger partial charge on any atom is -0.507 e. The molecule has 0 aliphatic heterocycles. The molecule has 0 amide bonds. The molecule has 0 aliphatic carbocycles. The maximum atomic E-state index is 10.1. The molecule has 0 aliphatic rings. The summed E-state index contributed by atoms with van der Waals surface area (Å²) >= 11 is 3.09. The minimum atomic E-state index is 0.0876. The molecule has 0 saturated heterocycles. The van der Waals surface area contributed by atoms with Gasteiger partial charge in [-0.1, -0.05) is 6.07 Å². The zero-order chi connectivity index (χ0) is 15.9. The summed E-state index contributed by atoms with van der Waals surface area (Å²) in [6.45, 7) is 0. The Morgan fingerprint density at radius 3 is 2.73 bits per heavy atom. The van der Waals surface area contributed by atoms with Crippen molar-refractivity contribution in [3.8, 4) is 5.75 Å². The molecular formula is C16H14BrN3O2. The van der Waals surface area contributed by atoms with E-state index in [9.17, 15) is 4.79 Å². The second-order valence-corrected chi connectivity index (χ2v) is 5.18. The highest BCUT2D eigenvalue weighted by molar-refractivity contribution is 9.10. The van der Waals surface area contributed by atoms with Crippen LogP contribution in [0.3, 0.4) is 0 Å². The molecule has 2 heterocycles. The van der Waals surface area contributed by atoms with Gasteiger partial charge in [-0.3, -0.25) is 4.79 Å². The number of hydrogen-bond acceptors (Lipinski definition) is 5. The van der Waals surface area contributed by atoms with Crippen molar-refractivity contribution in [1.82, 2.24) is 9.97 Å². The fourth-order valence-electron chi connectivity index (χ4n) is 1.70. The van der Waals surface area contributed by atoms with Gasteiger partial charge in [0, 0.05) is 24.2 Å². The minimum absolute atomic E-state index is 0.0876. The summed E-state index contributed by atoms with van der Waals surface area (Å²) in [7, 11) is 1.84. The first-order valence-corrected chi connectivity index (χ1v) is 7.26. The van der Waals surface area contributed by atoms with Gasteiger partial charge in [-0.2, -0.15) is 0 Å². The molecular weight excluding hydrogens is 346 g/mol. The zero-order valence-corrected chi connectivity index (χ0v) is 13.4. The number of phenols is 1. The number of carbonyl (C=O) groups is 1. The van der Waals surface area contributed by atoms with Crippen LogP contribution in [0.1, 0.15) is 10.4 Å². The van der Waals surface area contributed by atoms with Gasteiger partial charge < -0.3 is 10.4 Å². The summed E-state index contributed by atoms with van der Waals surface area (Å²) in [6, 6.07) is 12.5. The van der Waals surface area contributed by atoms with E-state index in [4.69, 9.17) is 5.11 Å². The summed E-state index contributed by atoms with van der Waals surface area (Å²) in [5, 5.41) is 13.1. The van der Waals surface area contributed by atoms with Crippen LogP contribution < -0.4 is 5.32 Å². The van der Waals surface area contributed by atoms with Crippen LogP contribution in [0.25, 0.3) is 11.0 Å². The first kappa shape index (κ1) is 15.9. The van der Waals surface area contributed by atoms with Crippen molar-refractivity contribution in [2.45, 2.75) is 0 Å². The molecule has 2 N–H and O–H groups in total. The zero-order valence-electron chi connectivity index (χ0n) is 11.8. The maximum absolute atomic E-state index is 10.1. The summed E-state index contributed by atoms with van der Waals surface area (Å²) in [4.78, 5) is 18.6. The Kier molecular flexibility index (Phi) is 5.43. The predicted molar refractivity (Wildman–Crippen MR) is 90.3 cm³/mol. The Morgan fingerprint density at radius 2 is 2.05 bits per heavy atom. The highest BCUT2D eigenvalue weighted by Gasteiger charge is 1.97. The van der Waals surface area contributed by atoms with Crippen molar-refractivity contribution < 1.29 is 9.90 Å². The summed E-state index contributed by atoms with van der Waals surface area (Å²) in [5.41, 5.74) is 1.25.